The van der Waals surface area contributed by atoms with Crippen LogP contribution in [-0.2, 0) is 0 Å². The molecule has 3 heteroatoms. The van der Waals surface area contributed by atoms with Crippen molar-refractivity contribution in [2.45, 2.75) is 58.2 Å². The van der Waals surface area contributed by atoms with Crippen LogP contribution in [0.5, 0.6) is 0 Å². The quantitative estimate of drug-likeness (QED) is 0.325. The topological polar surface area (TPSA) is 46.1 Å². The first-order valence-electron chi connectivity index (χ1n) is 4.59. The van der Waals surface area contributed by atoms with Crippen molar-refractivity contribution in [2.24, 2.45) is 0 Å². The number of hydrogen-bond acceptors (Lipinski definition) is 2. The maximum atomic E-state index is 10.1. The fourth-order valence-electron chi connectivity index (χ4n) is 1.09. The number of unbranched alkanes of at least 4 members (excludes halogenated alkanes) is 5. The van der Waals surface area contributed by atoms with Crippen molar-refractivity contribution >= 4 is 23.1 Å². The van der Waals surface area contributed by atoms with E-state index in [9.17, 15) is 10.2 Å². The summed E-state index contributed by atoms with van der Waals surface area (Å²) in [6, 6.07) is 0. The van der Waals surface area contributed by atoms with Crippen LogP contribution in [-0.4, -0.2) is 29.3 Å². The Kier molecular flexibility index (Phi) is 14.8. The molecule has 0 spiro atoms. The van der Waals surface area contributed by atoms with E-state index in [4.69, 9.17) is 0 Å². The van der Waals surface area contributed by atoms with Gasteiger partial charge in [0.1, 0.15) is 0 Å². The average Bonchev–Trinajstić information content (AvgIpc) is 1.96. The van der Waals surface area contributed by atoms with Crippen molar-refractivity contribution in [3.05, 3.63) is 0 Å². The molecule has 0 amide bonds. The van der Waals surface area contributed by atoms with Gasteiger partial charge in [-0.1, -0.05) is 51.9 Å². The van der Waals surface area contributed by atoms with Crippen LogP contribution >= 0.6 is 0 Å². The van der Waals surface area contributed by atoms with E-state index in [1.807, 2.05) is 0 Å². The monoisotopic (exact) mass is 182 g/mol. The Morgan fingerprint density at radius 2 is 1.42 bits per heavy atom. The molecule has 0 saturated carbocycles. The molecular formula is C9H18MgO2. The van der Waals surface area contributed by atoms with Gasteiger partial charge in [0, 0.05) is 0 Å². The van der Waals surface area contributed by atoms with Gasteiger partial charge in [-0.25, -0.2) is 6.29 Å². The molecule has 2 nitrogen and oxygen atoms in total. The van der Waals surface area contributed by atoms with Crippen LogP contribution in [0.1, 0.15) is 51.9 Å². The third-order valence-corrected chi connectivity index (χ3v) is 1.79. The van der Waals surface area contributed by atoms with Gasteiger partial charge in [-0.3, -0.25) is 0 Å². The Morgan fingerprint density at radius 3 is 1.92 bits per heavy atom. The Bertz CT molecular complexity index is 76.9. The van der Waals surface area contributed by atoms with Gasteiger partial charge in [0.25, 0.3) is 0 Å². The summed E-state index contributed by atoms with van der Waals surface area (Å²) < 4.78 is 0. The van der Waals surface area contributed by atoms with Crippen LogP contribution in [0.15, 0.2) is 0 Å². The van der Waals surface area contributed by atoms with Crippen LogP contribution in [0, 0.1) is 0 Å². The first-order valence-corrected chi connectivity index (χ1v) is 4.59. The molecule has 0 heterocycles. The molecule has 0 aromatic rings. The molecule has 0 N–H and O–H groups in total. The number of hydrogen-bond donors (Lipinski definition) is 0. The molecule has 0 aromatic carbocycles. The zero-order valence-corrected chi connectivity index (χ0v) is 9.46. The molecule has 0 saturated heterocycles. The van der Waals surface area contributed by atoms with Crippen molar-refractivity contribution in [3.8, 4) is 0 Å². The van der Waals surface area contributed by atoms with Crippen molar-refractivity contribution in [2.75, 3.05) is 0 Å². The third-order valence-electron chi connectivity index (χ3n) is 1.79. The smallest absolute Gasteiger partial charge is 0.865 e. The maximum absolute atomic E-state index is 10.1. The summed E-state index contributed by atoms with van der Waals surface area (Å²) in [4.78, 5) is 0. The Balaban J connectivity index is 0. The summed E-state index contributed by atoms with van der Waals surface area (Å²) >= 11 is 0. The Hall–Kier alpha value is 0.686. The predicted octanol–water partition coefficient (Wildman–Crippen LogP) is 0.403. The zero-order valence-electron chi connectivity index (χ0n) is 8.05. The minimum atomic E-state index is -1.60. The van der Waals surface area contributed by atoms with Gasteiger partial charge in [-0.2, -0.15) is 0 Å². The molecule has 0 bridgehead atoms. The first kappa shape index (κ1) is 15.2. The van der Waals surface area contributed by atoms with E-state index in [-0.39, 0.29) is 23.1 Å². The summed E-state index contributed by atoms with van der Waals surface area (Å²) in [5.41, 5.74) is 0. The van der Waals surface area contributed by atoms with Gasteiger partial charge in [-0.05, 0) is 0 Å². The molecule has 0 aliphatic carbocycles. The average molecular weight is 183 g/mol. The van der Waals surface area contributed by atoms with Crippen LogP contribution in [0.25, 0.3) is 0 Å². The van der Waals surface area contributed by atoms with Gasteiger partial charge >= 0.3 is 23.1 Å². The van der Waals surface area contributed by atoms with E-state index in [0.29, 0.717) is 6.42 Å². The molecular weight excluding hydrogens is 164 g/mol. The van der Waals surface area contributed by atoms with Crippen molar-refractivity contribution in [3.63, 3.8) is 0 Å². The SMILES string of the molecule is CCCCCCCCC([O-])[O-].[Mg+2]. The molecule has 0 unspecified atom stereocenters. The van der Waals surface area contributed by atoms with E-state index in [2.05, 4.69) is 6.92 Å². The standard InChI is InChI=1S/C9H18O2.Mg/c1-2-3-4-5-6-7-8-9(10)11;/h9H,2-8H2,1H3;/q-2;+2. The molecule has 68 valence electrons. The molecule has 0 aliphatic heterocycles. The normalized spacial score (nSPS) is 10.0. The zero-order chi connectivity index (χ0) is 8.53. The summed E-state index contributed by atoms with van der Waals surface area (Å²) in [6.45, 7) is 2.17. The van der Waals surface area contributed by atoms with Gasteiger partial charge < -0.3 is 10.2 Å². The fraction of sp³-hybridized carbons (Fsp3) is 1.00. The molecule has 12 heavy (non-hydrogen) atoms. The first-order chi connectivity index (χ1) is 5.27. The summed E-state index contributed by atoms with van der Waals surface area (Å²) in [5, 5.41) is 20.1. The van der Waals surface area contributed by atoms with Crippen molar-refractivity contribution < 1.29 is 10.2 Å². The third kappa shape index (κ3) is 13.3. The van der Waals surface area contributed by atoms with Gasteiger partial charge in [0.2, 0.25) is 0 Å². The molecule has 0 radical (unpaired) electrons. The van der Waals surface area contributed by atoms with Crippen LogP contribution in [0.2, 0.25) is 0 Å². The second kappa shape index (κ2) is 11.7. The Labute approximate surface area is 91.5 Å². The molecule has 0 aliphatic rings. The predicted molar refractivity (Wildman–Crippen MR) is 47.5 cm³/mol. The van der Waals surface area contributed by atoms with Gasteiger partial charge in [0.05, 0.1) is 0 Å². The van der Waals surface area contributed by atoms with Crippen LogP contribution < -0.4 is 10.2 Å². The van der Waals surface area contributed by atoms with Gasteiger partial charge in [-0.15, -0.1) is 0 Å². The second-order valence-corrected chi connectivity index (χ2v) is 2.99. The van der Waals surface area contributed by atoms with E-state index in [1.165, 1.54) is 25.7 Å². The fourth-order valence-corrected chi connectivity index (χ4v) is 1.09. The summed E-state index contributed by atoms with van der Waals surface area (Å²) in [7, 11) is 0. The summed E-state index contributed by atoms with van der Waals surface area (Å²) in [6.07, 6.45) is 5.54. The second-order valence-electron chi connectivity index (χ2n) is 2.99. The number of rotatable bonds is 7. The van der Waals surface area contributed by atoms with E-state index >= 15 is 0 Å². The Morgan fingerprint density at radius 1 is 0.917 bits per heavy atom. The molecule has 0 aromatic heterocycles. The van der Waals surface area contributed by atoms with E-state index < -0.39 is 6.29 Å². The molecule has 0 atom stereocenters. The van der Waals surface area contributed by atoms with E-state index in [1.54, 1.807) is 0 Å². The minimum Gasteiger partial charge on any atom is -0.865 e. The van der Waals surface area contributed by atoms with Crippen molar-refractivity contribution in [1.82, 2.24) is 0 Å². The van der Waals surface area contributed by atoms with Crippen LogP contribution in [0.4, 0.5) is 0 Å². The van der Waals surface area contributed by atoms with Gasteiger partial charge in [0.15, 0.2) is 0 Å². The largest absolute Gasteiger partial charge is 2.00 e. The maximum Gasteiger partial charge on any atom is 2.00 e. The molecule has 0 rings (SSSR count). The summed E-state index contributed by atoms with van der Waals surface area (Å²) in [5.74, 6) is 0. The van der Waals surface area contributed by atoms with Crippen LogP contribution in [0.3, 0.4) is 0 Å². The minimum absolute atomic E-state index is 0. The van der Waals surface area contributed by atoms with E-state index in [0.717, 1.165) is 12.8 Å². The molecule has 0 fully saturated rings. The van der Waals surface area contributed by atoms with Crippen molar-refractivity contribution in [1.29, 1.82) is 0 Å².